The molecule has 27 heavy (non-hydrogen) atoms. The maximum atomic E-state index is 13.3. The van der Waals surface area contributed by atoms with Gasteiger partial charge in [-0.3, -0.25) is 4.79 Å². The minimum absolute atomic E-state index is 0.00641. The van der Waals surface area contributed by atoms with Crippen LogP contribution in [-0.2, 0) is 14.9 Å². The van der Waals surface area contributed by atoms with Gasteiger partial charge in [-0.2, -0.15) is 0 Å². The topological polar surface area (TPSA) is 47.6 Å². The Hall–Kier alpha value is -2.11. The Balaban J connectivity index is 1.85. The average Bonchev–Trinajstić information content (AvgIpc) is 2.65. The van der Waals surface area contributed by atoms with Crippen molar-refractivity contribution in [3.63, 3.8) is 0 Å². The first-order valence-corrected chi connectivity index (χ1v) is 9.40. The van der Waals surface area contributed by atoms with Crippen LogP contribution in [0.1, 0.15) is 32.3 Å². The Morgan fingerprint density at radius 2 is 1.85 bits per heavy atom. The minimum atomic E-state index is -0.758. The predicted octanol–water partition coefficient (Wildman–Crippen LogP) is 4.95. The number of hydrogen-bond acceptors (Lipinski definition) is 3. The summed E-state index contributed by atoms with van der Waals surface area (Å²) < 4.78 is 24.4. The number of nitrogens with one attached hydrogen (secondary N) is 1. The quantitative estimate of drug-likeness (QED) is 0.784. The second kappa shape index (κ2) is 8.28. The first-order valence-electron chi connectivity index (χ1n) is 9.02. The number of rotatable bonds is 5. The van der Waals surface area contributed by atoms with Crippen molar-refractivity contribution in [2.45, 2.75) is 38.2 Å². The van der Waals surface area contributed by atoms with Gasteiger partial charge in [0, 0.05) is 18.9 Å². The lowest BCUT2D eigenvalue weighted by Gasteiger charge is -2.36. The number of amides is 1. The molecule has 3 rings (SSSR count). The van der Waals surface area contributed by atoms with Crippen molar-refractivity contribution in [3.05, 3.63) is 58.9 Å². The number of carbonyl (C=O) groups excluding carboxylic acids is 1. The summed E-state index contributed by atoms with van der Waals surface area (Å²) in [6.07, 6.45) is 1.08. The molecule has 1 saturated heterocycles. The van der Waals surface area contributed by atoms with Gasteiger partial charge in [0.25, 0.3) is 0 Å². The number of benzene rings is 2. The molecule has 2 aromatic carbocycles. The van der Waals surface area contributed by atoms with E-state index in [2.05, 4.69) is 5.32 Å². The number of carbonyl (C=O) groups is 1. The van der Waals surface area contributed by atoms with Gasteiger partial charge in [0.15, 0.2) is 0 Å². The highest BCUT2D eigenvalue weighted by molar-refractivity contribution is 6.32. The molecule has 2 aromatic rings. The van der Waals surface area contributed by atoms with E-state index in [0.717, 1.165) is 5.56 Å². The van der Waals surface area contributed by atoms with Crippen molar-refractivity contribution >= 4 is 23.2 Å². The monoisotopic (exact) mass is 391 g/mol. The second-order valence-corrected chi connectivity index (χ2v) is 7.37. The summed E-state index contributed by atoms with van der Waals surface area (Å²) in [5.41, 5.74) is 0.621. The highest BCUT2D eigenvalue weighted by atomic mass is 35.5. The smallest absolute Gasteiger partial charge is 0.235 e. The molecule has 0 spiro atoms. The molecule has 1 amide bonds. The fourth-order valence-corrected chi connectivity index (χ4v) is 3.54. The fourth-order valence-electron chi connectivity index (χ4n) is 3.31. The molecule has 0 aliphatic carbocycles. The predicted molar refractivity (Wildman–Crippen MR) is 104 cm³/mol. The van der Waals surface area contributed by atoms with Crippen molar-refractivity contribution in [3.8, 4) is 5.75 Å². The Morgan fingerprint density at radius 3 is 2.44 bits per heavy atom. The summed E-state index contributed by atoms with van der Waals surface area (Å²) in [7, 11) is 0. The zero-order valence-corrected chi connectivity index (χ0v) is 16.2. The molecule has 1 N–H and O–H groups in total. The van der Waals surface area contributed by atoms with Gasteiger partial charge in [-0.05, 0) is 62.6 Å². The normalized spacial score (nSPS) is 16.2. The Labute approximate surface area is 163 Å². The molecule has 1 fully saturated rings. The molecule has 0 atom stereocenters. The Bertz CT molecular complexity index is 802. The summed E-state index contributed by atoms with van der Waals surface area (Å²) in [5.74, 6) is 0.101. The molecule has 6 heteroatoms. The van der Waals surface area contributed by atoms with Crippen LogP contribution in [0.25, 0.3) is 0 Å². The molecule has 0 aromatic heterocycles. The first-order chi connectivity index (χ1) is 12.9. The third kappa shape index (κ3) is 4.42. The summed E-state index contributed by atoms with van der Waals surface area (Å²) in [6, 6.07) is 11.3. The van der Waals surface area contributed by atoms with Crippen LogP contribution in [0.15, 0.2) is 42.5 Å². The number of anilines is 1. The maximum absolute atomic E-state index is 13.3. The van der Waals surface area contributed by atoms with E-state index in [4.69, 9.17) is 21.1 Å². The van der Waals surface area contributed by atoms with Crippen LogP contribution in [0.4, 0.5) is 10.1 Å². The molecule has 0 bridgehead atoms. The van der Waals surface area contributed by atoms with Gasteiger partial charge in [-0.25, -0.2) is 4.39 Å². The van der Waals surface area contributed by atoms with E-state index >= 15 is 0 Å². The lowest BCUT2D eigenvalue weighted by molar-refractivity contribution is -0.125. The third-order valence-corrected chi connectivity index (χ3v) is 5.03. The van der Waals surface area contributed by atoms with E-state index < -0.39 is 5.41 Å². The zero-order chi connectivity index (χ0) is 19.4. The Kier molecular flexibility index (Phi) is 6.02. The van der Waals surface area contributed by atoms with E-state index in [0.29, 0.717) is 42.5 Å². The van der Waals surface area contributed by atoms with Crippen LogP contribution in [0.3, 0.4) is 0 Å². The average molecular weight is 392 g/mol. The van der Waals surface area contributed by atoms with Crippen molar-refractivity contribution in [1.29, 1.82) is 0 Å². The minimum Gasteiger partial charge on any atom is -0.489 e. The first kappa shape index (κ1) is 19.6. The standard InChI is InChI=1S/C21H23ClFNO3/c1-14(2)27-19-8-7-17(13-18(19)22)24-20(25)21(9-11-26-12-10-21)15-3-5-16(23)6-4-15/h3-8,13-14H,9-12H2,1-2H3,(H,24,25). The van der Waals surface area contributed by atoms with Crippen LogP contribution >= 0.6 is 11.6 Å². The van der Waals surface area contributed by atoms with E-state index in [-0.39, 0.29) is 17.8 Å². The van der Waals surface area contributed by atoms with Gasteiger partial charge in [0.2, 0.25) is 5.91 Å². The van der Waals surface area contributed by atoms with Gasteiger partial charge < -0.3 is 14.8 Å². The van der Waals surface area contributed by atoms with Crippen molar-refractivity contribution in [2.75, 3.05) is 18.5 Å². The van der Waals surface area contributed by atoms with Gasteiger partial charge in [-0.15, -0.1) is 0 Å². The lowest BCUT2D eigenvalue weighted by Crippen LogP contribution is -2.44. The molecule has 4 nitrogen and oxygen atoms in total. The number of ether oxygens (including phenoxy) is 2. The largest absolute Gasteiger partial charge is 0.489 e. The van der Waals surface area contributed by atoms with E-state index in [1.807, 2.05) is 13.8 Å². The van der Waals surface area contributed by atoms with Gasteiger partial charge in [-0.1, -0.05) is 23.7 Å². The molecule has 144 valence electrons. The summed E-state index contributed by atoms with van der Waals surface area (Å²) >= 11 is 6.27. The van der Waals surface area contributed by atoms with Crippen molar-refractivity contribution < 1.29 is 18.7 Å². The zero-order valence-electron chi connectivity index (χ0n) is 15.4. The van der Waals surface area contributed by atoms with Crippen LogP contribution in [0.2, 0.25) is 5.02 Å². The summed E-state index contributed by atoms with van der Waals surface area (Å²) in [4.78, 5) is 13.2. The van der Waals surface area contributed by atoms with E-state index in [1.54, 1.807) is 30.3 Å². The maximum Gasteiger partial charge on any atom is 0.235 e. The molecule has 1 aliphatic rings. The fraction of sp³-hybridized carbons (Fsp3) is 0.381. The third-order valence-electron chi connectivity index (χ3n) is 4.73. The van der Waals surface area contributed by atoms with E-state index in [1.165, 1.54) is 12.1 Å². The van der Waals surface area contributed by atoms with E-state index in [9.17, 15) is 9.18 Å². The molecular formula is C21H23ClFNO3. The lowest BCUT2D eigenvalue weighted by atomic mass is 9.73. The molecular weight excluding hydrogens is 369 g/mol. The molecule has 0 saturated carbocycles. The van der Waals surface area contributed by atoms with Gasteiger partial charge >= 0.3 is 0 Å². The van der Waals surface area contributed by atoms with Crippen LogP contribution < -0.4 is 10.1 Å². The summed E-state index contributed by atoms with van der Waals surface area (Å²) in [5, 5.41) is 3.39. The molecule has 1 heterocycles. The Morgan fingerprint density at radius 1 is 1.19 bits per heavy atom. The van der Waals surface area contributed by atoms with Gasteiger partial charge in [0.1, 0.15) is 11.6 Å². The van der Waals surface area contributed by atoms with Crippen molar-refractivity contribution in [1.82, 2.24) is 0 Å². The number of hydrogen-bond donors (Lipinski definition) is 1. The van der Waals surface area contributed by atoms with Crippen LogP contribution in [0, 0.1) is 5.82 Å². The number of halogens is 2. The second-order valence-electron chi connectivity index (χ2n) is 6.97. The SMILES string of the molecule is CC(C)Oc1ccc(NC(=O)C2(c3ccc(F)cc3)CCOCC2)cc1Cl. The molecule has 0 unspecified atom stereocenters. The van der Waals surface area contributed by atoms with Crippen LogP contribution in [-0.4, -0.2) is 25.2 Å². The van der Waals surface area contributed by atoms with Gasteiger partial charge in [0.05, 0.1) is 16.5 Å². The molecule has 0 radical (unpaired) electrons. The molecule has 1 aliphatic heterocycles. The highest BCUT2D eigenvalue weighted by Gasteiger charge is 2.41. The van der Waals surface area contributed by atoms with Crippen molar-refractivity contribution in [2.24, 2.45) is 0 Å². The highest BCUT2D eigenvalue weighted by Crippen LogP contribution is 2.37. The van der Waals surface area contributed by atoms with Crippen LogP contribution in [0.5, 0.6) is 5.75 Å². The summed E-state index contributed by atoms with van der Waals surface area (Å²) in [6.45, 7) is 4.80.